The monoisotopic (exact) mass is 466 g/mol. The fraction of sp³-hybridized carbons (Fsp3) is 0.176. The van der Waals surface area contributed by atoms with Crippen molar-refractivity contribution in [2.24, 2.45) is 0 Å². The molecule has 0 aliphatic heterocycles. The Morgan fingerprint density at radius 1 is 0.500 bits per heavy atom. The fourth-order valence-electron chi connectivity index (χ4n) is 5.50. The van der Waals surface area contributed by atoms with Gasteiger partial charge >= 0.3 is 0 Å². The second-order valence-electron chi connectivity index (χ2n) is 10.4. The van der Waals surface area contributed by atoms with Gasteiger partial charge in [0, 0.05) is 22.4 Å². The van der Waals surface area contributed by atoms with Crippen LogP contribution in [0.5, 0.6) is 0 Å². The molecule has 0 amide bonds. The van der Waals surface area contributed by atoms with E-state index in [1.165, 1.54) is 44.5 Å². The van der Waals surface area contributed by atoms with E-state index in [0.29, 0.717) is 0 Å². The highest BCUT2D eigenvalue weighted by atomic mass is 14.9. The number of nitrogens with zero attached hydrogens (tertiary/aromatic N) is 2. The normalized spacial score (nSPS) is 13.4. The van der Waals surface area contributed by atoms with Gasteiger partial charge in [0.15, 0.2) is 5.82 Å². The highest BCUT2D eigenvalue weighted by molar-refractivity contribution is 5.84. The van der Waals surface area contributed by atoms with E-state index in [-0.39, 0.29) is 5.41 Å². The van der Waals surface area contributed by atoms with Crippen LogP contribution in [0.3, 0.4) is 0 Å². The molecular formula is C34H30N2. The summed E-state index contributed by atoms with van der Waals surface area (Å²) in [5, 5.41) is 0. The first kappa shape index (κ1) is 22.4. The number of rotatable bonds is 3. The summed E-state index contributed by atoms with van der Waals surface area (Å²) in [7, 11) is 0. The molecule has 2 heteroatoms. The summed E-state index contributed by atoms with van der Waals surface area (Å²) in [5.41, 5.74) is 14.6. The zero-order chi connectivity index (χ0) is 25.0. The van der Waals surface area contributed by atoms with E-state index >= 15 is 0 Å². The van der Waals surface area contributed by atoms with Crippen molar-refractivity contribution in [1.82, 2.24) is 9.97 Å². The largest absolute Gasteiger partial charge is 0.233 e. The summed E-state index contributed by atoms with van der Waals surface area (Å²) in [4.78, 5) is 9.51. The third-order valence-electron chi connectivity index (χ3n) is 7.87. The van der Waals surface area contributed by atoms with Crippen LogP contribution in [0.4, 0.5) is 0 Å². The van der Waals surface area contributed by atoms with Crippen LogP contribution in [0.15, 0.2) is 91.0 Å². The van der Waals surface area contributed by atoms with Gasteiger partial charge in [0.2, 0.25) is 0 Å². The molecule has 1 aromatic heterocycles. The smallest absolute Gasteiger partial charge is 0.159 e. The second kappa shape index (κ2) is 8.27. The molecule has 1 aliphatic carbocycles. The summed E-state index contributed by atoms with van der Waals surface area (Å²) >= 11 is 0. The van der Waals surface area contributed by atoms with E-state index < -0.39 is 0 Å². The molecule has 4 aromatic carbocycles. The zero-order valence-electron chi connectivity index (χ0n) is 21.6. The van der Waals surface area contributed by atoms with E-state index in [0.717, 1.165) is 28.3 Å². The molecule has 36 heavy (non-hydrogen) atoms. The van der Waals surface area contributed by atoms with Gasteiger partial charge in [-0.1, -0.05) is 86.6 Å². The first-order valence-corrected chi connectivity index (χ1v) is 12.6. The van der Waals surface area contributed by atoms with Gasteiger partial charge in [0.05, 0.1) is 0 Å². The second-order valence-corrected chi connectivity index (χ2v) is 10.4. The molecule has 0 radical (unpaired) electrons. The van der Waals surface area contributed by atoms with Crippen LogP contribution in [0.25, 0.3) is 44.8 Å². The molecule has 0 saturated heterocycles. The maximum Gasteiger partial charge on any atom is 0.159 e. The molecule has 176 valence electrons. The molecule has 0 fully saturated rings. The maximum absolute atomic E-state index is 4.76. The Morgan fingerprint density at radius 3 is 1.69 bits per heavy atom. The number of aryl methyl sites for hydroxylation is 2. The van der Waals surface area contributed by atoms with Crippen molar-refractivity contribution < 1.29 is 0 Å². The van der Waals surface area contributed by atoms with E-state index in [1.807, 2.05) is 0 Å². The Labute approximate surface area is 213 Å². The highest BCUT2D eigenvalue weighted by Crippen LogP contribution is 2.49. The van der Waals surface area contributed by atoms with Crippen molar-refractivity contribution >= 4 is 0 Å². The highest BCUT2D eigenvalue weighted by Gasteiger charge is 2.35. The molecule has 1 aliphatic rings. The summed E-state index contributed by atoms with van der Waals surface area (Å²) in [5.74, 6) is 0.786. The Hall–Kier alpha value is -4.04. The number of benzene rings is 4. The molecule has 5 aromatic rings. The minimum absolute atomic E-state index is 0.00181. The summed E-state index contributed by atoms with van der Waals surface area (Å²) < 4.78 is 0. The summed E-state index contributed by atoms with van der Waals surface area (Å²) in [6.45, 7) is 10.9. The van der Waals surface area contributed by atoms with Gasteiger partial charge in [-0.25, -0.2) is 9.97 Å². The van der Waals surface area contributed by atoms with Crippen LogP contribution < -0.4 is 0 Å². The Kier molecular flexibility index (Phi) is 5.15. The van der Waals surface area contributed by atoms with Gasteiger partial charge in [-0.2, -0.15) is 0 Å². The predicted octanol–water partition coefficient (Wildman–Crippen LogP) is 8.71. The number of fused-ring (bicyclic) bond motifs is 3. The van der Waals surface area contributed by atoms with Gasteiger partial charge in [-0.05, 0) is 89.0 Å². The molecule has 0 atom stereocenters. The average Bonchev–Trinajstić information content (AvgIpc) is 3.13. The molecule has 6 rings (SSSR count). The van der Waals surface area contributed by atoms with Crippen LogP contribution in [0, 0.1) is 20.8 Å². The van der Waals surface area contributed by atoms with E-state index in [9.17, 15) is 0 Å². The van der Waals surface area contributed by atoms with Crippen LogP contribution in [0.1, 0.15) is 41.9 Å². The standard InChI is InChI=1S/C34H30N2/c1-21-22(2)35-33(36-23(21)3)28-13-9-12-26(19-28)24-10-8-11-25(18-24)27-16-17-30-29-14-6-7-15-31(29)34(4,5)32(30)20-27/h6-20H,1-5H3. The molecule has 0 spiro atoms. The molecule has 1 heterocycles. The molecule has 0 unspecified atom stereocenters. The van der Waals surface area contributed by atoms with Crippen molar-refractivity contribution in [3.63, 3.8) is 0 Å². The number of hydrogen-bond acceptors (Lipinski definition) is 2. The SMILES string of the molecule is Cc1nc(-c2cccc(-c3cccc(-c4ccc5c(c4)C(C)(C)c4ccccc4-5)c3)c2)nc(C)c1C. The maximum atomic E-state index is 4.76. The Balaban J connectivity index is 1.39. The van der Waals surface area contributed by atoms with Crippen molar-refractivity contribution in [3.05, 3.63) is 119 Å². The molecule has 0 saturated carbocycles. The molecule has 2 nitrogen and oxygen atoms in total. The van der Waals surface area contributed by atoms with Gasteiger partial charge < -0.3 is 0 Å². The summed E-state index contributed by atoms with van der Waals surface area (Å²) in [6, 6.07) is 33.1. The van der Waals surface area contributed by atoms with Crippen molar-refractivity contribution in [3.8, 4) is 44.8 Å². The quantitative estimate of drug-likeness (QED) is 0.266. The van der Waals surface area contributed by atoms with Gasteiger partial charge in [-0.15, -0.1) is 0 Å². The van der Waals surface area contributed by atoms with Crippen LogP contribution >= 0.6 is 0 Å². The lowest BCUT2D eigenvalue weighted by atomic mass is 9.81. The third kappa shape index (κ3) is 3.56. The Morgan fingerprint density at radius 2 is 1.03 bits per heavy atom. The first-order chi connectivity index (χ1) is 17.3. The average molecular weight is 467 g/mol. The Bertz CT molecular complexity index is 1620. The van der Waals surface area contributed by atoms with Gasteiger partial charge in [0.25, 0.3) is 0 Å². The lowest BCUT2D eigenvalue weighted by molar-refractivity contribution is 0.660. The van der Waals surface area contributed by atoms with E-state index in [1.54, 1.807) is 0 Å². The van der Waals surface area contributed by atoms with Crippen molar-refractivity contribution in [2.75, 3.05) is 0 Å². The lowest BCUT2D eigenvalue weighted by Gasteiger charge is -2.22. The van der Waals surface area contributed by atoms with E-state index in [4.69, 9.17) is 9.97 Å². The van der Waals surface area contributed by atoms with E-state index in [2.05, 4.69) is 126 Å². The first-order valence-electron chi connectivity index (χ1n) is 12.6. The van der Waals surface area contributed by atoms with Gasteiger partial charge in [-0.3, -0.25) is 0 Å². The zero-order valence-corrected chi connectivity index (χ0v) is 21.6. The van der Waals surface area contributed by atoms with Crippen molar-refractivity contribution in [1.29, 1.82) is 0 Å². The summed E-state index contributed by atoms with van der Waals surface area (Å²) in [6.07, 6.45) is 0. The van der Waals surface area contributed by atoms with Crippen LogP contribution in [0.2, 0.25) is 0 Å². The topological polar surface area (TPSA) is 25.8 Å². The third-order valence-corrected chi connectivity index (χ3v) is 7.87. The minimum Gasteiger partial charge on any atom is -0.233 e. The molecule has 0 bridgehead atoms. The fourth-order valence-corrected chi connectivity index (χ4v) is 5.50. The van der Waals surface area contributed by atoms with Crippen LogP contribution in [-0.4, -0.2) is 9.97 Å². The van der Waals surface area contributed by atoms with Crippen molar-refractivity contribution in [2.45, 2.75) is 40.0 Å². The number of aromatic nitrogens is 2. The molecule has 0 N–H and O–H groups in total. The van der Waals surface area contributed by atoms with Gasteiger partial charge in [0.1, 0.15) is 0 Å². The number of hydrogen-bond donors (Lipinski definition) is 0. The lowest BCUT2D eigenvalue weighted by Crippen LogP contribution is -2.14. The predicted molar refractivity (Wildman–Crippen MR) is 150 cm³/mol. The van der Waals surface area contributed by atoms with Crippen LogP contribution in [-0.2, 0) is 5.41 Å². The molecular weight excluding hydrogens is 436 g/mol. The minimum atomic E-state index is -0.00181.